The third-order valence-electron chi connectivity index (χ3n) is 2.36. The van der Waals surface area contributed by atoms with E-state index in [1.165, 1.54) is 12.7 Å². The first-order chi connectivity index (χ1) is 8.21. The zero-order chi connectivity index (χ0) is 12.7. The normalized spacial score (nSPS) is 11.9. The van der Waals surface area contributed by atoms with Gasteiger partial charge in [0.05, 0.1) is 6.61 Å². The average molecular weight is 238 g/mol. The van der Waals surface area contributed by atoms with Gasteiger partial charge in [0, 0.05) is 7.11 Å². The zero-order valence-corrected chi connectivity index (χ0v) is 10.1. The molecule has 1 unspecified atom stereocenters. The number of amides is 1. The number of hydrazine groups is 1. The summed E-state index contributed by atoms with van der Waals surface area (Å²) in [6, 6.07) is 7.57. The molecule has 0 bridgehead atoms. The Morgan fingerprint density at radius 2 is 2.06 bits per heavy atom. The van der Waals surface area contributed by atoms with Crippen LogP contribution < -0.4 is 16.0 Å². The van der Waals surface area contributed by atoms with Crippen LogP contribution in [0.25, 0.3) is 0 Å². The van der Waals surface area contributed by atoms with Gasteiger partial charge in [0.25, 0.3) is 5.91 Å². The van der Waals surface area contributed by atoms with Crippen molar-refractivity contribution in [3.8, 4) is 5.75 Å². The summed E-state index contributed by atoms with van der Waals surface area (Å²) in [5.74, 6) is 5.28. The van der Waals surface area contributed by atoms with Gasteiger partial charge in [0.2, 0.25) is 6.10 Å². The van der Waals surface area contributed by atoms with Crippen LogP contribution in [0.4, 0.5) is 0 Å². The zero-order valence-electron chi connectivity index (χ0n) is 10.1. The van der Waals surface area contributed by atoms with Crippen molar-refractivity contribution in [3.05, 3.63) is 29.8 Å². The molecule has 1 aromatic carbocycles. The SMILES string of the molecule is CCc1ccc(OC(COC)C(=O)NN)cc1. The molecule has 0 saturated heterocycles. The van der Waals surface area contributed by atoms with Gasteiger partial charge in [0.15, 0.2) is 0 Å². The Hall–Kier alpha value is -1.59. The lowest BCUT2D eigenvalue weighted by Gasteiger charge is -2.16. The van der Waals surface area contributed by atoms with E-state index in [0.29, 0.717) is 5.75 Å². The lowest BCUT2D eigenvalue weighted by molar-refractivity contribution is -0.130. The number of aryl methyl sites for hydroxylation is 1. The molecule has 1 aromatic rings. The van der Waals surface area contributed by atoms with Crippen molar-refractivity contribution in [1.29, 1.82) is 0 Å². The van der Waals surface area contributed by atoms with Gasteiger partial charge >= 0.3 is 0 Å². The molecule has 3 N–H and O–H groups in total. The van der Waals surface area contributed by atoms with Crippen LogP contribution in [-0.4, -0.2) is 25.7 Å². The number of ether oxygens (including phenoxy) is 2. The van der Waals surface area contributed by atoms with E-state index in [-0.39, 0.29) is 6.61 Å². The molecule has 94 valence electrons. The molecule has 0 aliphatic heterocycles. The summed E-state index contributed by atoms with van der Waals surface area (Å²) in [7, 11) is 1.50. The first-order valence-corrected chi connectivity index (χ1v) is 5.46. The molecule has 0 aliphatic carbocycles. The van der Waals surface area contributed by atoms with Crippen molar-refractivity contribution < 1.29 is 14.3 Å². The van der Waals surface area contributed by atoms with Crippen molar-refractivity contribution in [2.24, 2.45) is 5.84 Å². The summed E-state index contributed by atoms with van der Waals surface area (Å²) in [4.78, 5) is 11.4. The summed E-state index contributed by atoms with van der Waals surface area (Å²) >= 11 is 0. The smallest absolute Gasteiger partial charge is 0.277 e. The second-order valence-electron chi connectivity index (χ2n) is 3.57. The molecule has 1 rings (SSSR count). The van der Waals surface area contributed by atoms with Crippen molar-refractivity contribution in [1.82, 2.24) is 5.43 Å². The maximum absolute atomic E-state index is 11.4. The molecule has 5 heteroatoms. The van der Waals surface area contributed by atoms with Gasteiger partial charge in [-0.25, -0.2) is 5.84 Å². The van der Waals surface area contributed by atoms with Crippen LogP contribution >= 0.6 is 0 Å². The van der Waals surface area contributed by atoms with Gasteiger partial charge in [-0.1, -0.05) is 19.1 Å². The van der Waals surface area contributed by atoms with Crippen LogP contribution in [0.5, 0.6) is 5.75 Å². The molecular weight excluding hydrogens is 220 g/mol. The van der Waals surface area contributed by atoms with Crippen molar-refractivity contribution in [2.75, 3.05) is 13.7 Å². The van der Waals surface area contributed by atoms with E-state index in [1.54, 1.807) is 0 Å². The van der Waals surface area contributed by atoms with Crippen LogP contribution in [0.1, 0.15) is 12.5 Å². The number of methoxy groups -OCH3 is 1. The average Bonchev–Trinajstić information content (AvgIpc) is 2.38. The van der Waals surface area contributed by atoms with E-state index in [0.717, 1.165) is 6.42 Å². The molecule has 0 heterocycles. The standard InChI is InChI=1S/C12H18N2O3/c1-3-9-4-6-10(7-5-9)17-11(8-16-2)12(15)14-13/h4-7,11H,3,8,13H2,1-2H3,(H,14,15). The molecule has 0 radical (unpaired) electrons. The lowest BCUT2D eigenvalue weighted by Crippen LogP contribution is -2.44. The number of carbonyl (C=O) groups excluding carboxylic acids is 1. The molecule has 17 heavy (non-hydrogen) atoms. The highest BCUT2D eigenvalue weighted by Crippen LogP contribution is 2.14. The minimum atomic E-state index is -0.738. The Morgan fingerprint density at radius 3 is 2.53 bits per heavy atom. The molecular formula is C12H18N2O3. The van der Waals surface area contributed by atoms with Crippen LogP contribution in [0, 0.1) is 0 Å². The fourth-order valence-corrected chi connectivity index (χ4v) is 1.38. The van der Waals surface area contributed by atoms with E-state index in [4.69, 9.17) is 15.3 Å². The van der Waals surface area contributed by atoms with Crippen LogP contribution in [-0.2, 0) is 16.0 Å². The van der Waals surface area contributed by atoms with Gasteiger partial charge in [-0.15, -0.1) is 0 Å². The molecule has 0 saturated carbocycles. The molecule has 1 atom stereocenters. The summed E-state index contributed by atoms with van der Waals surface area (Å²) in [6.07, 6.45) is 0.225. The third kappa shape index (κ3) is 4.05. The van der Waals surface area contributed by atoms with E-state index in [2.05, 4.69) is 6.92 Å². The number of hydrogen-bond acceptors (Lipinski definition) is 4. The number of rotatable bonds is 6. The molecule has 0 aromatic heterocycles. The van der Waals surface area contributed by atoms with E-state index >= 15 is 0 Å². The van der Waals surface area contributed by atoms with Crippen LogP contribution in [0.15, 0.2) is 24.3 Å². The van der Waals surface area contributed by atoms with Crippen LogP contribution in [0.2, 0.25) is 0 Å². The van der Waals surface area contributed by atoms with Gasteiger partial charge < -0.3 is 9.47 Å². The fourth-order valence-electron chi connectivity index (χ4n) is 1.38. The summed E-state index contributed by atoms with van der Waals surface area (Å²) in [6.45, 7) is 2.23. The number of hydrogen-bond donors (Lipinski definition) is 2. The van der Waals surface area contributed by atoms with Gasteiger partial charge in [0.1, 0.15) is 5.75 Å². The van der Waals surface area contributed by atoms with Crippen molar-refractivity contribution >= 4 is 5.91 Å². The Morgan fingerprint density at radius 1 is 1.41 bits per heavy atom. The Bertz CT molecular complexity index is 351. The second kappa shape index (κ2) is 6.88. The highest BCUT2D eigenvalue weighted by molar-refractivity contribution is 5.80. The Balaban J connectivity index is 2.68. The second-order valence-corrected chi connectivity index (χ2v) is 3.57. The number of benzene rings is 1. The first-order valence-electron chi connectivity index (χ1n) is 5.46. The molecule has 0 fully saturated rings. The van der Waals surface area contributed by atoms with Crippen molar-refractivity contribution in [3.63, 3.8) is 0 Å². The predicted octanol–water partition coefficient (Wildman–Crippen LogP) is 0.633. The molecule has 5 nitrogen and oxygen atoms in total. The van der Waals surface area contributed by atoms with Gasteiger partial charge in [-0.3, -0.25) is 10.2 Å². The number of carbonyl (C=O) groups is 1. The first kappa shape index (κ1) is 13.5. The minimum Gasteiger partial charge on any atom is -0.478 e. The van der Waals surface area contributed by atoms with Gasteiger partial charge in [-0.2, -0.15) is 0 Å². The van der Waals surface area contributed by atoms with Crippen LogP contribution in [0.3, 0.4) is 0 Å². The maximum atomic E-state index is 11.4. The quantitative estimate of drug-likeness (QED) is 0.433. The maximum Gasteiger partial charge on any atom is 0.277 e. The largest absolute Gasteiger partial charge is 0.478 e. The highest BCUT2D eigenvalue weighted by atomic mass is 16.5. The molecule has 0 spiro atoms. The Kier molecular flexibility index (Phi) is 5.45. The summed E-state index contributed by atoms with van der Waals surface area (Å²) in [5.41, 5.74) is 3.26. The van der Waals surface area contributed by atoms with E-state index < -0.39 is 12.0 Å². The summed E-state index contributed by atoms with van der Waals surface area (Å²) < 4.78 is 10.4. The van der Waals surface area contributed by atoms with E-state index in [1.807, 2.05) is 29.7 Å². The summed E-state index contributed by atoms with van der Waals surface area (Å²) in [5, 5.41) is 0. The highest BCUT2D eigenvalue weighted by Gasteiger charge is 2.19. The molecule has 1 amide bonds. The third-order valence-corrected chi connectivity index (χ3v) is 2.36. The fraction of sp³-hybridized carbons (Fsp3) is 0.417. The van der Waals surface area contributed by atoms with E-state index in [9.17, 15) is 4.79 Å². The lowest BCUT2D eigenvalue weighted by atomic mass is 10.2. The minimum absolute atomic E-state index is 0.151. The Labute approximate surface area is 101 Å². The number of nitrogens with two attached hydrogens (primary N) is 1. The molecule has 0 aliphatic rings. The topological polar surface area (TPSA) is 73.6 Å². The van der Waals surface area contributed by atoms with Crippen molar-refractivity contribution in [2.45, 2.75) is 19.4 Å². The monoisotopic (exact) mass is 238 g/mol. The predicted molar refractivity (Wildman–Crippen MR) is 64.4 cm³/mol. The van der Waals surface area contributed by atoms with Gasteiger partial charge in [-0.05, 0) is 24.1 Å². The number of nitrogens with one attached hydrogen (secondary N) is 1.